The fourth-order valence-corrected chi connectivity index (χ4v) is 1.60. The third-order valence-corrected chi connectivity index (χ3v) is 2.45. The normalized spacial score (nSPS) is 11.3. The molecule has 4 heteroatoms. The van der Waals surface area contributed by atoms with Gasteiger partial charge in [0.05, 0.1) is 6.20 Å². The summed E-state index contributed by atoms with van der Waals surface area (Å²) < 4.78 is 7.29. The quantitative estimate of drug-likeness (QED) is 0.670. The van der Waals surface area contributed by atoms with Crippen molar-refractivity contribution in [2.24, 2.45) is 5.92 Å². The Morgan fingerprint density at radius 1 is 1.47 bits per heavy atom. The minimum Gasteiger partial charge on any atom is -0.382 e. The van der Waals surface area contributed by atoms with Crippen molar-refractivity contribution in [1.29, 1.82) is 0 Å². The van der Waals surface area contributed by atoms with E-state index in [-0.39, 0.29) is 0 Å². The van der Waals surface area contributed by atoms with Crippen LogP contribution in [0.25, 0.3) is 0 Å². The molecule has 4 nitrogen and oxygen atoms in total. The van der Waals surface area contributed by atoms with Crippen LogP contribution in [0, 0.1) is 5.92 Å². The average molecular weight is 239 g/mol. The highest BCUT2D eigenvalue weighted by atomic mass is 16.5. The van der Waals surface area contributed by atoms with Crippen LogP contribution in [-0.2, 0) is 17.8 Å². The summed E-state index contributed by atoms with van der Waals surface area (Å²) in [6.07, 6.45) is 5.07. The zero-order chi connectivity index (χ0) is 12.5. The molecule has 0 amide bonds. The average Bonchev–Trinajstić information content (AvgIpc) is 2.72. The second-order valence-corrected chi connectivity index (χ2v) is 4.69. The predicted molar refractivity (Wildman–Crippen MR) is 69.9 cm³/mol. The molecule has 98 valence electrons. The number of ether oxygens (including phenoxy) is 1. The molecule has 1 rings (SSSR count). The van der Waals surface area contributed by atoms with E-state index < -0.39 is 0 Å². The Hall–Kier alpha value is -0.870. The SMILES string of the molecule is CCOCCCn1cc(CNCC(C)C)cn1. The fourth-order valence-electron chi connectivity index (χ4n) is 1.60. The zero-order valence-electron chi connectivity index (χ0n) is 11.3. The molecule has 0 aliphatic carbocycles. The highest BCUT2D eigenvalue weighted by Gasteiger charge is 1.99. The zero-order valence-corrected chi connectivity index (χ0v) is 11.3. The van der Waals surface area contributed by atoms with Gasteiger partial charge in [0.1, 0.15) is 0 Å². The maximum absolute atomic E-state index is 5.30. The molecule has 1 aromatic heterocycles. The molecule has 0 bridgehead atoms. The maximum Gasteiger partial charge on any atom is 0.0534 e. The van der Waals surface area contributed by atoms with Gasteiger partial charge in [0.25, 0.3) is 0 Å². The first-order valence-corrected chi connectivity index (χ1v) is 6.52. The molecule has 0 unspecified atom stereocenters. The highest BCUT2D eigenvalue weighted by molar-refractivity contribution is 5.03. The van der Waals surface area contributed by atoms with Crippen LogP contribution >= 0.6 is 0 Å². The molecule has 0 fully saturated rings. The Kier molecular flexibility index (Phi) is 6.89. The molecule has 1 N–H and O–H groups in total. The molecule has 0 saturated heterocycles. The van der Waals surface area contributed by atoms with Crippen molar-refractivity contribution >= 4 is 0 Å². The summed E-state index contributed by atoms with van der Waals surface area (Å²) in [4.78, 5) is 0. The van der Waals surface area contributed by atoms with E-state index in [0.717, 1.165) is 39.3 Å². The number of rotatable bonds is 9. The lowest BCUT2D eigenvalue weighted by Crippen LogP contribution is -2.18. The Balaban J connectivity index is 2.18. The van der Waals surface area contributed by atoms with Crippen LogP contribution in [0.1, 0.15) is 32.8 Å². The molecule has 17 heavy (non-hydrogen) atoms. The lowest BCUT2D eigenvalue weighted by Gasteiger charge is -2.05. The van der Waals surface area contributed by atoms with Gasteiger partial charge in [-0.05, 0) is 25.8 Å². The lowest BCUT2D eigenvalue weighted by atomic mass is 10.2. The molecule has 0 atom stereocenters. The summed E-state index contributed by atoms with van der Waals surface area (Å²) in [6, 6.07) is 0. The van der Waals surface area contributed by atoms with Crippen molar-refractivity contribution in [3.63, 3.8) is 0 Å². The van der Waals surface area contributed by atoms with Crippen LogP contribution in [0.15, 0.2) is 12.4 Å². The monoisotopic (exact) mass is 239 g/mol. The summed E-state index contributed by atoms with van der Waals surface area (Å²) in [5.41, 5.74) is 1.25. The van der Waals surface area contributed by atoms with Gasteiger partial charge in [0.2, 0.25) is 0 Å². The van der Waals surface area contributed by atoms with Crippen LogP contribution in [0.4, 0.5) is 0 Å². The molecular formula is C13H25N3O. The van der Waals surface area contributed by atoms with E-state index >= 15 is 0 Å². The Labute approximate surface area is 104 Å². The van der Waals surface area contributed by atoms with E-state index in [9.17, 15) is 0 Å². The van der Waals surface area contributed by atoms with Gasteiger partial charge < -0.3 is 10.1 Å². The minimum atomic E-state index is 0.691. The second kappa shape index (κ2) is 8.25. The number of hydrogen-bond donors (Lipinski definition) is 1. The van der Waals surface area contributed by atoms with E-state index in [4.69, 9.17) is 4.74 Å². The molecule has 0 radical (unpaired) electrons. The molecule has 0 saturated carbocycles. The second-order valence-electron chi connectivity index (χ2n) is 4.69. The summed E-state index contributed by atoms with van der Waals surface area (Å²) in [7, 11) is 0. The number of hydrogen-bond acceptors (Lipinski definition) is 3. The topological polar surface area (TPSA) is 39.1 Å². The van der Waals surface area contributed by atoms with Crippen molar-refractivity contribution in [2.75, 3.05) is 19.8 Å². The molecule has 0 aliphatic rings. The van der Waals surface area contributed by atoms with Crippen molar-refractivity contribution in [2.45, 2.75) is 40.3 Å². The van der Waals surface area contributed by atoms with Gasteiger partial charge in [-0.2, -0.15) is 5.10 Å². The van der Waals surface area contributed by atoms with Crippen molar-refractivity contribution < 1.29 is 4.74 Å². The molecule has 1 heterocycles. The molecule has 0 aromatic carbocycles. The van der Waals surface area contributed by atoms with E-state index in [1.54, 1.807) is 0 Å². The Morgan fingerprint density at radius 2 is 2.29 bits per heavy atom. The standard InChI is InChI=1S/C13H25N3O/c1-4-17-7-5-6-16-11-13(10-15-16)9-14-8-12(2)3/h10-12,14H,4-9H2,1-3H3. The van der Waals surface area contributed by atoms with Crippen molar-refractivity contribution in [3.05, 3.63) is 18.0 Å². The molecule has 0 spiro atoms. The summed E-state index contributed by atoms with van der Waals surface area (Å²) in [5.74, 6) is 0.691. The number of nitrogens with zero attached hydrogens (tertiary/aromatic N) is 2. The van der Waals surface area contributed by atoms with Crippen molar-refractivity contribution in [3.8, 4) is 0 Å². The van der Waals surface area contributed by atoms with Crippen molar-refractivity contribution in [1.82, 2.24) is 15.1 Å². The number of aromatic nitrogens is 2. The third kappa shape index (κ3) is 6.44. The highest BCUT2D eigenvalue weighted by Crippen LogP contribution is 1.99. The number of aryl methyl sites for hydroxylation is 1. The maximum atomic E-state index is 5.30. The van der Waals surface area contributed by atoms with Gasteiger partial charge in [0, 0.05) is 38.1 Å². The first kappa shape index (κ1) is 14.2. The molecule has 1 aromatic rings. The van der Waals surface area contributed by atoms with Crippen LogP contribution in [0.3, 0.4) is 0 Å². The van der Waals surface area contributed by atoms with Gasteiger partial charge in [-0.15, -0.1) is 0 Å². The lowest BCUT2D eigenvalue weighted by molar-refractivity contribution is 0.141. The van der Waals surface area contributed by atoms with Crippen LogP contribution in [0.2, 0.25) is 0 Å². The van der Waals surface area contributed by atoms with Crippen LogP contribution < -0.4 is 5.32 Å². The minimum absolute atomic E-state index is 0.691. The Bertz CT molecular complexity index is 297. The first-order valence-electron chi connectivity index (χ1n) is 6.52. The predicted octanol–water partition coefficient (Wildman–Crippen LogP) is 2.06. The third-order valence-electron chi connectivity index (χ3n) is 2.45. The van der Waals surface area contributed by atoms with E-state index in [0.29, 0.717) is 5.92 Å². The fraction of sp³-hybridized carbons (Fsp3) is 0.769. The largest absolute Gasteiger partial charge is 0.382 e. The summed E-state index contributed by atoms with van der Waals surface area (Å²) in [6.45, 7) is 10.9. The molecular weight excluding hydrogens is 214 g/mol. The van der Waals surface area contributed by atoms with E-state index in [2.05, 4.69) is 30.5 Å². The van der Waals surface area contributed by atoms with Gasteiger partial charge in [-0.1, -0.05) is 13.8 Å². The Morgan fingerprint density at radius 3 is 3.00 bits per heavy atom. The van der Waals surface area contributed by atoms with Gasteiger partial charge in [-0.3, -0.25) is 4.68 Å². The van der Waals surface area contributed by atoms with Crippen LogP contribution in [0.5, 0.6) is 0 Å². The van der Waals surface area contributed by atoms with E-state index in [1.807, 2.05) is 17.8 Å². The van der Waals surface area contributed by atoms with Gasteiger partial charge >= 0.3 is 0 Å². The smallest absolute Gasteiger partial charge is 0.0534 e. The van der Waals surface area contributed by atoms with Gasteiger partial charge in [0.15, 0.2) is 0 Å². The van der Waals surface area contributed by atoms with Gasteiger partial charge in [-0.25, -0.2) is 0 Å². The molecule has 0 aliphatic heterocycles. The summed E-state index contributed by atoms with van der Waals surface area (Å²) >= 11 is 0. The van der Waals surface area contributed by atoms with E-state index in [1.165, 1.54) is 5.56 Å². The number of nitrogens with one attached hydrogen (secondary N) is 1. The van der Waals surface area contributed by atoms with Crippen LogP contribution in [-0.4, -0.2) is 29.5 Å². The first-order chi connectivity index (χ1) is 8.22. The summed E-state index contributed by atoms with van der Waals surface area (Å²) in [5, 5.41) is 7.75.